The first-order valence-corrected chi connectivity index (χ1v) is 8.85. The van der Waals surface area contributed by atoms with Gasteiger partial charge in [-0.25, -0.2) is 0 Å². The Labute approximate surface area is 127 Å². The molecule has 0 amide bonds. The van der Waals surface area contributed by atoms with Gasteiger partial charge in [-0.15, -0.1) is 0 Å². The molecule has 1 rings (SSSR count). The zero-order valence-corrected chi connectivity index (χ0v) is 14.3. The molecule has 114 valence electrons. The summed E-state index contributed by atoms with van der Waals surface area (Å²) in [4.78, 5) is 19.6. The normalized spacial score (nSPS) is 14.9. The molecule has 0 bridgehead atoms. The number of halogens is 1. The van der Waals surface area contributed by atoms with Crippen molar-refractivity contribution in [1.29, 1.82) is 0 Å². The minimum Gasteiger partial charge on any atom is -0.494 e. The lowest BCUT2D eigenvalue weighted by atomic mass is 10.1. The van der Waals surface area contributed by atoms with E-state index in [4.69, 9.17) is 9.47 Å². The lowest BCUT2D eigenvalue weighted by Crippen LogP contribution is -2.29. The average Bonchev–Trinajstić information content (AvgIpc) is 2.37. The Morgan fingerprint density at radius 3 is 2.35 bits per heavy atom. The molecule has 0 aliphatic heterocycles. The van der Waals surface area contributed by atoms with E-state index >= 15 is 0 Å². The second-order valence-corrected chi connectivity index (χ2v) is 6.85. The van der Waals surface area contributed by atoms with Gasteiger partial charge >= 0.3 is 7.60 Å². The van der Waals surface area contributed by atoms with Crippen molar-refractivity contribution in [2.24, 2.45) is 0 Å². The Morgan fingerprint density at radius 1 is 1.25 bits per heavy atom. The minimum absolute atomic E-state index is 0.152. The summed E-state index contributed by atoms with van der Waals surface area (Å²) in [5.74, 6) is 0.552. The molecule has 5 nitrogen and oxygen atoms in total. The third-order valence-corrected chi connectivity index (χ3v) is 5.32. The van der Waals surface area contributed by atoms with Crippen LogP contribution in [0.5, 0.6) is 5.75 Å². The van der Waals surface area contributed by atoms with Crippen molar-refractivity contribution in [2.45, 2.75) is 32.5 Å². The molecule has 1 aromatic carbocycles. The van der Waals surface area contributed by atoms with E-state index in [1.54, 1.807) is 32.0 Å². The first-order valence-electron chi connectivity index (χ1n) is 6.44. The molecule has 0 heterocycles. The predicted molar refractivity (Wildman–Crippen MR) is 81.0 cm³/mol. The Morgan fingerprint density at radius 2 is 1.90 bits per heavy atom. The molecule has 2 N–H and O–H groups in total. The van der Waals surface area contributed by atoms with Crippen molar-refractivity contribution in [1.82, 2.24) is 0 Å². The summed E-state index contributed by atoms with van der Waals surface area (Å²) in [7, 11) is -4.52. The van der Waals surface area contributed by atoms with Crippen LogP contribution in [0.15, 0.2) is 22.7 Å². The van der Waals surface area contributed by atoms with Gasteiger partial charge in [-0.2, -0.15) is 0 Å². The first-order chi connectivity index (χ1) is 9.32. The van der Waals surface area contributed by atoms with Crippen LogP contribution in [0.1, 0.15) is 32.8 Å². The molecule has 0 radical (unpaired) electrons. The maximum atomic E-state index is 12.0. The van der Waals surface area contributed by atoms with Crippen molar-refractivity contribution in [2.75, 3.05) is 13.2 Å². The van der Waals surface area contributed by atoms with Crippen LogP contribution in [0, 0.1) is 0 Å². The quantitative estimate of drug-likeness (QED) is 0.720. The monoisotopic (exact) mass is 366 g/mol. The highest BCUT2D eigenvalue weighted by atomic mass is 79.9. The molecule has 0 aliphatic carbocycles. The largest absolute Gasteiger partial charge is 0.494 e. The highest BCUT2D eigenvalue weighted by Crippen LogP contribution is 2.61. The second-order valence-electron chi connectivity index (χ2n) is 4.19. The van der Waals surface area contributed by atoms with Crippen molar-refractivity contribution in [3.63, 3.8) is 0 Å². The average molecular weight is 367 g/mol. The van der Waals surface area contributed by atoms with E-state index in [0.717, 1.165) is 0 Å². The third kappa shape index (κ3) is 3.43. The van der Waals surface area contributed by atoms with E-state index in [1.807, 2.05) is 6.92 Å². The van der Waals surface area contributed by atoms with Gasteiger partial charge in [0, 0.05) is 16.6 Å². The molecular formula is C13H20BrO5P. The van der Waals surface area contributed by atoms with Crippen LogP contribution in [-0.2, 0) is 14.6 Å². The lowest BCUT2D eigenvalue weighted by Gasteiger charge is -2.34. The van der Waals surface area contributed by atoms with E-state index in [-0.39, 0.29) is 13.0 Å². The van der Waals surface area contributed by atoms with E-state index in [2.05, 4.69) is 15.9 Å². The topological polar surface area (TPSA) is 76.0 Å². The first kappa shape index (κ1) is 17.7. The molecule has 0 spiro atoms. The number of rotatable bonds is 7. The number of hydrogen-bond donors (Lipinski definition) is 2. The highest BCUT2D eigenvalue weighted by molar-refractivity contribution is 9.10. The Balaban J connectivity index is 3.47. The molecule has 1 unspecified atom stereocenters. The zero-order chi connectivity index (χ0) is 15.4. The Hall–Kier alpha value is -0.390. The summed E-state index contributed by atoms with van der Waals surface area (Å²) in [5.41, 5.74) is 0.404. The molecule has 1 aromatic rings. The number of hydrogen-bond acceptors (Lipinski definition) is 3. The molecule has 0 aliphatic rings. The number of benzene rings is 1. The Bertz CT molecular complexity index is 502. The molecule has 20 heavy (non-hydrogen) atoms. The fourth-order valence-electron chi connectivity index (χ4n) is 2.12. The Kier molecular flexibility index (Phi) is 6.23. The van der Waals surface area contributed by atoms with Gasteiger partial charge in [0.25, 0.3) is 0 Å². The van der Waals surface area contributed by atoms with Gasteiger partial charge < -0.3 is 19.3 Å². The van der Waals surface area contributed by atoms with Gasteiger partial charge in [0.1, 0.15) is 5.75 Å². The van der Waals surface area contributed by atoms with Gasteiger partial charge in [0.05, 0.1) is 6.61 Å². The standard InChI is InChI=1S/C13H20BrO5P/c1-4-13(19-6-3,20(15,16)17)11-9-10(18-5-2)7-8-12(11)14/h7-9H,4-6H2,1-3H3,(H2,15,16,17). The predicted octanol–water partition coefficient (Wildman–Crippen LogP) is 3.62. The van der Waals surface area contributed by atoms with Crippen LogP contribution in [0.2, 0.25) is 0 Å². The van der Waals surface area contributed by atoms with E-state index in [9.17, 15) is 14.4 Å². The molecule has 0 saturated heterocycles. The molecule has 0 aromatic heterocycles. The second kappa shape index (κ2) is 7.05. The van der Waals surface area contributed by atoms with E-state index in [0.29, 0.717) is 22.4 Å². The van der Waals surface area contributed by atoms with Crippen LogP contribution >= 0.6 is 23.5 Å². The SMILES string of the molecule is CCOc1ccc(Br)c(C(CC)(OCC)P(=O)(O)O)c1. The molecular weight excluding hydrogens is 347 g/mol. The fraction of sp³-hybridized carbons (Fsp3) is 0.538. The smallest absolute Gasteiger partial charge is 0.361 e. The lowest BCUT2D eigenvalue weighted by molar-refractivity contribution is -0.000799. The van der Waals surface area contributed by atoms with Crippen LogP contribution < -0.4 is 4.74 Å². The van der Waals surface area contributed by atoms with Gasteiger partial charge in [-0.05, 0) is 38.5 Å². The van der Waals surface area contributed by atoms with Gasteiger partial charge in [-0.1, -0.05) is 22.9 Å². The zero-order valence-electron chi connectivity index (χ0n) is 11.8. The van der Waals surface area contributed by atoms with Crippen LogP contribution in [0.25, 0.3) is 0 Å². The molecule has 0 fully saturated rings. The summed E-state index contributed by atoms with van der Waals surface area (Å²) in [6.07, 6.45) is 0.152. The molecule has 7 heteroatoms. The molecule has 0 saturated carbocycles. The van der Waals surface area contributed by atoms with Gasteiger partial charge in [0.15, 0.2) is 5.34 Å². The summed E-state index contributed by atoms with van der Waals surface area (Å²) >= 11 is 3.34. The van der Waals surface area contributed by atoms with Crippen LogP contribution in [-0.4, -0.2) is 23.0 Å². The van der Waals surface area contributed by atoms with Crippen LogP contribution in [0.4, 0.5) is 0 Å². The summed E-state index contributed by atoms with van der Waals surface area (Å²) in [6, 6.07) is 5.06. The summed E-state index contributed by atoms with van der Waals surface area (Å²) < 4.78 is 23.5. The summed E-state index contributed by atoms with van der Waals surface area (Å²) in [6.45, 7) is 5.92. The minimum atomic E-state index is -4.52. The maximum Gasteiger partial charge on any atom is 0.361 e. The fourth-order valence-corrected chi connectivity index (χ4v) is 4.04. The highest BCUT2D eigenvalue weighted by Gasteiger charge is 2.49. The maximum absolute atomic E-state index is 12.0. The van der Waals surface area contributed by atoms with E-state index < -0.39 is 12.9 Å². The van der Waals surface area contributed by atoms with Crippen molar-refractivity contribution < 1.29 is 23.8 Å². The molecule has 1 atom stereocenters. The van der Waals surface area contributed by atoms with Crippen molar-refractivity contribution in [3.8, 4) is 5.75 Å². The van der Waals surface area contributed by atoms with Crippen molar-refractivity contribution in [3.05, 3.63) is 28.2 Å². The summed E-state index contributed by atoms with van der Waals surface area (Å²) in [5, 5.41) is -1.66. The van der Waals surface area contributed by atoms with Gasteiger partial charge in [0.2, 0.25) is 0 Å². The van der Waals surface area contributed by atoms with Gasteiger partial charge in [-0.3, -0.25) is 4.57 Å². The van der Waals surface area contributed by atoms with Crippen molar-refractivity contribution >= 4 is 23.5 Å². The number of ether oxygens (including phenoxy) is 2. The van der Waals surface area contributed by atoms with Crippen LogP contribution in [0.3, 0.4) is 0 Å². The van der Waals surface area contributed by atoms with E-state index in [1.165, 1.54) is 0 Å². The third-order valence-electron chi connectivity index (χ3n) is 3.00.